The van der Waals surface area contributed by atoms with Crippen LogP contribution in [0.25, 0.3) is 0 Å². The van der Waals surface area contributed by atoms with E-state index in [4.69, 9.17) is 5.26 Å². The highest BCUT2D eigenvalue weighted by atomic mass is 32.2. The van der Waals surface area contributed by atoms with E-state index in [9.17, 15) is 0 Å². The molecule has 2 heteroatoms. The van der Waals surface area contributed by atoms with Gasteiger partial charge in [-0.25, -0.2) is 0 Å². The van der Waals surface area contributed by atoms with Crippen molar-refractivity contribution in [1.29, 1.82) is 5.26 Å². The van der Waals surface area contributed by atoms with Crippen molar-refractivity contribution >= 4 is 11.8 Å². The molecule has 0 radical (unpaired) electrons. The molecule has 0 heterocycles. The minimum absolute atomic E-state index is 0.509. The average molecular weight is 177 g/mol. The first kappa shape index (κ1) is 9.15. The van der Waals surface area contributed by atoms with E-state index < -0.39 is 0 Å². The van der Waals surface area contributed by atoms with Crippen LogP contribution in [0.2, 0.25) is 0 Å². The molecule has 1 rings (SSSR count). The molecule has 0 saturated heterocycles. The van der Waals surface area contributed by atoms with E-state index in [-0.39, 0.29) is 0 Å². The van der Waals surface area contributed by atoms with Crippen LogP contribution in [-0.4, -0.2) is 6.26 Å². The Morgan fingerprint density at radius 1 is 1.50 bits per heavy atom. The summed E-state index contributed by atoms with van der Waals surface area (Å²) in [6, 6.07) is 8.31. The van der Waals surface area contributed by atoms with E-state index in [1.807, 2.05) is 6.07 Å². The molecule has 0 bridgehead atoms. The van der Waals surface area contributed by atoms with Gasteiger partial charge in [0.1, 0.15) is 0 Å². The number of nitriles is 1. The molecule has 0 saturated carbocycles. The maximum absolute atomic E-state index is 8.48. The molecule has 1 aromatic carbocycles. The zero-order chi connectivity index (χ0) is 8.97. The largest absolute Gasteiger partial charge is 0.198 e. The predicted molar refractivity (Wildman–Crippen MR) is 52.3 cm³/mol. The van der Waals surface area contributed by atoms with Crippen LogP contribution < -0.4 is 0 Å². The zero-order valence-electron chi connectivity index (χ0n) is 7.29. The Balaban J connectivity index is 2.95. The van der Waals surface area contributed by atoms with Gasteiger partial charge in [0.15, 0.2) is 0 Å². The summed E-state index contributed by atoms with van der Waals surface area (Å²) in [4.78, 5) is 1.29. The summed E-state index contributed by atoms with van der Waals surface area (Å²) in [5, 5.41) is 8.48. The maximum atomic E-state index is 8.48. The molecule has 0 aliphatic rings. The number of hydrogen-bond donors (Lipinski definition) is 0. The number of rotatable bonds is 2. The highest BCUT2D eigenvalue weighted by molar-refractivity contribution is 7.98. The van der Waals surface area contributed by atoms with Gasteiger partial charge in [-0.2, -0.15) is 5.26 Å². The Morgan fingerprint density at radius 3 is 2.75 bits per heavy atom. The van der Waals surface area contributed by atoms with E-state index in [0.717, 1.165) is 5.56 Å². The Hall–Kier alpha value is -0.940. The smallest absolute Gasteiger partial charge is 0.0669 e. The molecule has 0 aliphatic carbocycles. The van der Waals surface area contributed by atoms with Crippen molar-refractivity contribution in [3.8, 4) is 6.07 Å². The van der Waals surface area contributed by atoms with E-state index in [0.29, 0.717) is 6.42 Å². The Morgan fingerprint density at radius 2 is 2.25 bits per heavy atom. The molecule has 1 nitrogen and oxygen atoms in total. The number of nitrogens with zero attached hydrogens (tertiary/aromatic N) is 1. The van der Waals surface area contributed by atoms with Gasteiger partial charge in [-0.15, -0.1) is 11.8 Å². The third-order valence-corrected chi connectivity index (χ3v) is 2.64. The van der Waals surface area contributed by atoms with E-state index >= 15 is 0 Å². The van der Waals surface area contributed by atoms with Crippen LogP contribution in [0, 0.1) is 18.3 Å². The van der Waals surface area contributed by atoms with Crippen LogP contribution in [0.5, 0.6) is 0 Å². The Labute approximate surface area is 77.4 Å². The fraction of sp³-hybridized carbons (Fsp3) is 0.300. The lowest BCUT2D eigenvalue weighted by molar-refractivity contribution is 1.20. The summed E-state index contributed by atoms with van der Waals surface area (Å²) in [5.41, 5.74) is 2.36. The van der Waals surface area contributed by atoms with Gasteiger partial charge in [-0.1, -0.05) is 12.1 Å². The topological polar surface area (TPSA) is 23.8 Å². The number of benzene rings is 1. The average Bonchev–Trinajstić information content (AvgIpc) is 2.05. The van der Waals surface area contributed by atoms with Crippen LogP contribution in [0.4, 0.5) is 0 Å². The summed E-state index contributed by atoms with van der Waals surface area (Å²) in [6.07, 6.45) is 2.57. The molecule has 0 aromatic heterocycles. The first-order chi connectivity index (χ1) is 5.77. The minimum atomic E-state index is 0.509. The van der Waals surface area contributed by atoms with Gasteiger partial charge in [-0.3, -0.25) is 0 Å². The van der Waals surface area contributed by atoms with Gasteiger partial charge in [0.2, 0.25) is 0 Å². The lowest BCUT2D eigenvalue weighted by Crippen LogP contribution is -1.84. The number of thioether (sulfide) groups is 1. The SMILES string of the molecule is CSc1ccc(CC#N)cc1C. The Kier molecular flexibility index (Phi) is 3.19. The molecule has 0 N–H and O–H groups in total. The quantitative estimate of drug-likeness (QED) is 0.648. The second-order valence-corrected chi connectivity index (χ2v) is 3.49. The van der Waals surface area contributed by atoms with Crippen LogP contribution in [0.1, 0.15) is 11.1 Å². The summed E-state index contributed by atoms with van der Waals surface area (Å²) in [5.74, 6) is 0. The van der Waals surface area contributed by atoms with Crippen molar-refractivity contribution in [2.75, 3.05) is 6.26 Å². The molecule has 12 heavy (non-hydrogen) atoms. The van der Waals surface area contributed by atoms with Crippen molar-refractivity contribution in [2.24, 2.45) is 0 Å². The van der Waals surface area contributed by atoms with Crippen molar-refractivity contribution in [2.45, 2.75) is 18.2 Å². The normalized spacial score (nSPS) is 9.42. The van der Waals surface area contributed by atoms with E-state index in [1.165, 1.54) is 10.5 Å². The summed E-state index contributed by atoms with van der Waals surface area (Å²) >= 11 is 1.74. The summed E-state index contributed by atoms with van der Waals surface area (Å²) in [6.45, 7) is 2.08. The van der Waals surface area contributed by atoms with Crippen LogP contribution >= 0.6 is 11.8 Å². The van der Waals surface area contributed by atoms with Gasteiger partial charge in [0.05, 0.1) is 12.5 Å². The lowest BCUT2D eigenvalue weighted by atomic mass is 10.1. The second kappa shape index (κ2) is 4.18. The predicted octanol–water partition coefficient (Wildman–Crippen LogP) is 2.78. The van der Waals surface area contributed by atoms with Gasteiger partial charge in [0, 0.05) is 4.90 Å². The summed E-state index contributed by atoms with van der Waals surface area (Å²) in [7, 11) is 0. The van der Waals surface area contributed by atoms with Gasteiger partial charge >= 0.3 is 0 Å². The van der Waals surface area contributed by atoms with Gasteiger partial charge in [0.25, 0.3) is 0 Å². The molecule has 0 atom stereocenters. The van der Waals surface area contributed by atoms with E-state index in [2.05, 4.69) is 31.4 Å². The molecule has 0 spiro atoms. The standard InChI is InChI=1S/C10H11NS/c1-8-7-9(5-6-11)3-4-10(8)12-2/h3-4,7H,5H2,1-2H3. The van der Waals surface area contributed by atoms with Gasteiger partial charge < -0.3 is 0 Å². The molecular weight excluding hydrogens is 166 g/mol. The lowest BCUT2D eigenvalue weighted by Gasteiger charge is -2.02. The molecule has 0 fully saturated rings. The fourth-order valence-electron chi connectivity index (χ4n) is 1.14. The molecule has 0 amide bonds. The zero-order valence-corrected chi connectivity index (χ0v) is 8.11. The minimum Gasteiger partial charge on any atom is -0.198 e. The molecule has 62 valence electrons. The third-order valence-electron chi connectivity index (χ3n) is 1.74. The van der Waals surface area contributed by atoms with Crippen molar-refractivity contribution < 1.29 is 0 Å². The van der Waals surface area contributed by atoms with Crippen LogP contribution in [0.15, 0.2) is 23.1 Å². The number of aryl methyl sites for hydroxylation is 1. The fourth-order valence-corrected chi connectivity index (χ4v) is 1.73. The maximum Gasteiger partial charge on any atom is 0.0669 e. The van der Waals surface area contributed by atoms with Crippen LogP contribution in [0.3, 0.4) is 0 Å². The first-order valence-electron chi connectivity index (χ1n) is 3.78. The monoisotopic (exact) mass is 177 g/mol. The molecule has 0 unspecified atom stereocenters. The van der Waals surface area contributed by atoms with Gasteiger partial charge in [-0.05, 0) is 30.4 Å². The third kappa shape index (κ3) is 2.02. The molecule has 1 aromatic rings. The first-order valence-corrected chi connectivity index (χ1v) is 5.01. The highest BCUT2D eigenvalue weighted by Crippen LogP contribution is 2.20. The molecular formula is C10H11NS. The van der Waals surface area contributed by atoms with Crippen molar-refractivity contribution in [1.82, 2.24) is 0 Å². The molecule has 0 aliphatic heterocycles. The summed E-state index contributed by atoms with van der Waals surface area (Å²) < 4.78 is 0. The van der Waals surface area contributed by atoms with Crippen LogP contribution in [-0.2, 0) is 6.42 Å². The second-order valence-electron chi connectivity index (χ2n) is 2.64. The van der Waals surface area contributed by atoms with Crippen molar-refractivity contribution in [3.05, 3.63) is 29.3 Å². The highest BCUT2D eigenvalue weighted by Gasteiger charge is 1.97. The van der Waals surface area contributed by atoms with E-state index in [1.54, 1.807) is 11.8 Å². The van der Waals surface area contributed by atoms with Crippen molar-refractivity contribution in [3.63, 3.8) is 0 Å². The number of hydrogen-bond acceptors (Lipinski definition) is 2. The Bertz CT molecular complexity index is 312.